The van der Waals surface area contributed by atoms with Crippen LogP contribution in [-0.4, -0.2) is 20.2 Å². The highest BCUT2D eigenvalue weighted by atomic mass is 15.1. The summed E-state index contributed by atoms with van der Waals surface area (Å²) in [4.78, 5) is 8.65. The molecule has 0 bridgehead atoms. The van der Waals surface area contributed by atoms with Crippen LogP contribution in [0.4, 0.5) is 5.82 Å². The number of para-hydroxylation sites is 1. The number of aromatic amines is 1. The maximum atomic E-state index is 5.89. The predicted octanol–water partition coefficient (Wildman–Crippen LogP) is 2.16. The van der Waals surface area contributed by atoms with Crippen molar-refractivity contribution < 1.29 is 0 Å². The monoisotopic (exact) mass is 239 g/mol. The standard InChI is InChI=1S/C13H13N5/c1-2-8-7-15-13(16-12(8)14)11-9-5-3-4-6-10(9)17-18-11/h3-7H,2H2,1H3,(H,17,18)(H2,14,15,16). The molecule has 5 nitrogen and oxygen atoms in total. The molecule has 0 aliphatic rings. The molecule has 3 N–H and O–H groups in total. The van der Waals surface area contributed by atoms with Gasteiger partial charge in [0.2, 0.25) is 0 Å². The lowest BCUT2D eigenvalue weighted by molar-refractivity contribution is 1.04. The number of nitrogens with zero attached hydrogens (tertiary/aromatic N) is 3. The van der Waals surface area contributed by atoms with Gasteiger partial charge in [-0.15, -0.1) is 0 Å². The molecule has 18 heavy (non-hydrogen) atoms. The fraction of sp³-hybridized carbons (Fsp3) is 0.154. The fourth-order valence-electron chi connectivity index (χ4n) is 1.94. The Kier molecular flexibility index (Phi) is 2.44. The number of aryl methyl sites for hydroxylation is 1. The number of H-pyrrole nitrogens is 1. The van der Waals surface area contributed by atoms with Crippen LogP contribution >= 0.6 is 0 Å². The van der Waals surface area contributed by atoms with E-state index in [4.69, 9.17) is 5.73 Å². The Morgan fingerprint density at radius 2 is 2.11 bits per heavy atom. The van der Waals surface area contributed by atoms with Crippen LogP contribution in [-0.2, 0) is 6.42 Å². The van der Waals surface area contributed by atoms with Gasteiger partial charge in [0.15, 0.2) is 5.82 Å². The summed E-state index contributed by atoms with van der Waals surface area (Å²) in [5, 5.41) is 8.22. The van der Waals surface area contributed by atoms with Crippen molar-refractivity contribution in [2.75, 3.05) is 5.73 Å². The Balaban J connectivity index is 2.17. The van der Waals surface area contributed by atoms with Crippen molar-refractivity contribution in [2.45, 2.75) is 13.3 Å². The Morgan fingerprint density at radius 1 is 1.28 bits per heavy atom. The van der Waals surface area contributed by atoms with E-state index in [-0.39, 0.29) is 0 Å². The summed E-state index contributed by atoms with van der Waals surface area (Å²) < 4.78 is 0. The molecule has 3 rings (SSSR count). The molecule has 3 aromatic rings. The average Bonchev–Trinajstić information content (AvgIpc) is 2.82. The van der Waals surface area contributed by atoms with E-state index in [1.54, 1.807) is 6.20 Å². The minimum atomic E-state index is 0.523. The third kappa shape index (κ3) is 1.60. The molecule has 0 atom stereocenters. The normalized spacial score (nSPS) is 10.9. The molecule has 0 amide bonds. The van der Waals surface area contributed by atoms with Crippen molar-refractivity contribution in [3.8, 4) is 11.5 Å². The molecule has 0 unspecified atom stereocenters. The van der Waals surface area contributed by atoms with Gasteiger partial charge in [0, 0.05) is 17.1 Å². The molecule has 2 heterocycles. The molecule has 90 valence electrons. The van der Waals surface area contributed by atoms with Crippen LogP contribution in [0.2, 0.25) is 0 Å². The maximum Gasteiger partial charge on any atom is 0.182 e. The van der Waals surface area contributed by atoms with Crippen LogP contribution in [0.25, 0.3) is 22.4 Å². The second-order valence-corrected chi connectivity index (χ2v) is 4.08. The Morgan fingerprint density at radius 3 is 2.89 bits per heavy atom. The van der Waals surface area contributed by atoms with Crippen LogP contribution in [0, 0.1) is 0 Å². The molecule has 0 radical (unpaired) electrons. The molecule has 0 aliphatic carbocycles. The van der Waals surface area contributed by atoms with Gasteiger partial charge in [-0.3, -0.25) is 5.10 Å². The number of hydrogen-bond acceptors (Lipinski definition) is 4. The highest BCUT2D eigenvalue weighted by molar-refractivity contribution is 5.91. The van der Waals surface area contributed by atoms with Gasteiger partial charge >= 0.3 is 0 Å². The molecule has 0 spiro atoms. The summed E-state index contributed by atoms with van der Waals surface area (Å²) in [6, 6.07) is 7.88. The van der Waals surface area contributed by atoms with E-state index >= 15 is 0 Å². The van der Waals surface area contributed by atoms with Gasteiger partial charge in [-0.2, -0.15) is 5.10 Å². The summed E-state index contributed by atoms with van der Waals surface area (Å²) in [6.07, 6.45) is 2.59. The van der Waals surface area contributed by atoms with Gasteiger partial charge in [0.05, 0.1) is 5.52 Å². The lowest BCUT2D eigenvalue weighted by Crippen LogP contribution is -2.00. The molecule has 2 aromatic heterocycles. The van der Waals surface area contributed by atoms with Crippen LogP contribution in [0.5, 0.6) is 0 Å². The van der Waals surface area contributed by atoms with Gasteiger partial charge in [-0.05, 0) is 12.5 Å². The van der Waals surface area contributed by atoms with E-state index in [1.165, 1.54) is 0 Å². The molecule has 0 fully saturated rings. The first-order valence-corrected chi connectivity index (χ1v) is 5.84. The van der Waals surface area contributed by atoms with Crippen molar-refractivity contribution in [1.82, 2.24) is 20.2 Å². The number of nitrogens with one attached hydrogen (secondary N) is 1. The van der Waals surface area contributed by atoms with E-state index in [0.29, 0.717) is 11.6 Å². The molecule has 0 saturated heterocycles. The number of rotatable bonds is 2. The largest absolute Gasteiger partial charge is 0.383 e. The highest BCUT2D eigenvalue weighted by Gasteiger charge is 2.11. The van der Waals surface area contributed by atoms with Crippen molar-refractivity contribution in [1.29, 1.82) is 0 Å². The van der Waals surface area contributed by atoms with Gasteiger partial charge < -0.3 is 5.73 Å². The van der Waals surface area contributed by atoms with Crippen LogP contribution in [0.3, 0.4) is 0 Å². The highest BCUT2D eigenvalue weighted by Crippen LogP contribution is 2.24. The predicted molar refractivity (Wildman–Crippen MR) is 70.9 cm³/mol. The lowest BCUT2D eigenvalue weighted by atomic mass is 10.2. The van der Waals surface area contributed by atoms with Crippen molar-refractivity contribution >= 4 is 16.7 Å². The number of benzene rings is 1. The first-order chi connectivity index (χ1) is 8.79. The summed E-state index contributed by atoms with van der Waals surface area (Å²) in [5.41, 5.74) is 8.55. The second-order valence-electron chi connectivity index (χ2n) is 4.08. The van der Waals surface area contributed by atoms with Gasteiger partial charge in [0.1, 0.15) is 11.5 Å². The number of hydrogen-bond donors (Lipinski definition) is 2. The summed E-state index contributed by atoms with van der Waals surface area (Å²) >= 11 is 0. The van der Waals surface area contributed by atoms with E-state index in [1.807, 2.05) is 31.2 Å². The van der Waals surface area contributed by atoms with E-state index in [0.717, 1.165) is 28.6 Å². The van der Waals surface area contributed by atoms with Crippen molar-refractivity contribution in [3.05, 3.63) is 36.0 Å². The lowest BCUT2D eigenvalue weighted by Gasteiger charge is -2.02. The zero-order valence-corrected chi connectivity index (χ0v) is 10.0. The summed E-state index contributed by atoms with van der Waals surface area (Å²) in [5.74, 6) is 1.08. The summed E-state index contributed by atoms with van der Waals surface area (Å²) in [6.45, 7) is 2.03. The molecule has 0 saturated carbocycles. The SMILES string of the molecule is CCc1cnc(-c2n[nH]c3ccccc23)nc1N. The van der Waals surface area contributed by atoms with Crippen LogP contribution < -0.4 is 5.73 Å². The Hall–Kier alpha value is -2.43. The number of nitrogens with two attached hydrogens (primary N) is 1. The van der Waals surface area contributed by atoms with Gasteiger partial charge in [-0.1, -0.05) is 25.1 Å². The Labute approximate surface area is 104 Å². The molecular weight excluding hydrogens is 226 g/mol. The van der Waals surface area contributed by atoms with Crippen molar-refractivity contribution in [3.63, 3.8) is 0 Å². The Bertz CT molecular complexity index is 701. The third-order valence-corrected chi connectivity index (χ3v) is 2.96. The minimum absolute atomic E-state index is 0.523. The topological polar surface area (TPSA) is 80.5 Å². The summed E-state index contributed by atoms with van der Waals surface area (Å²) in [7, 11) is 0. The maximum absolute atomic E-state index is 5.89. The second kappa shape index (κ2) is 4.10. The van der Waals surface area contributed by atoms with Crippen LogP contribution in [0.15, 0.2) is 30.5 Å². The van der Waals surface area contributed by atoms with Crippen molar-refractivity contribution in [2.24, 2.45) is 0 Å². The average molecular weight is 239 g/mol. The number of aromatic nitrogens is 4. The van der Waals surface area contributed by atoms with E-state index < -0.39 is 0 Å². The minimum Gasteiger partial charge on any atom is -0.383 e. The first-order valence-electron chi connectivity index (χ1n) is 5.84. The fourth-order valence-corrected chi connectivity index (χ4v) is 1.94. The number of fused-ring (bicyclic) bond motifs is 1. The molecular formula is C13H13N5. The molecule has 0 aliphatic heterocycles. The first kappa shape index (κ1) is 10.7. The van der Waals surface area contributed by atoms with Gasteiger partial charge in [-0.25, -0.2) is 9.97 Å². The molecule has 5 heteroatoms. The molecule has 1 aromatic carbocycles. The smallest absolute Gasteiger partial charge is 0.182 e. The van der Waals surface area contributed by atoms with E-state index in [9.17, 15) is 0 Å². The quantitative estimate of drug-likeness (QED) is 0.718. The van der Waals surface area contributed by atoms with E-state index in [2.05, 4.69) is 20.2 Å². The van der Waals surface area contributed by atoms with Crippen LogP contribution in [0.1, 0.15) is 12.5 Å². The van der Waals surface area contributed by atoms with Gasteiger partial charge in [0.25, 0.3) is 0 Å². The number of anilines is 1. The third-order valence-electron chi connectivity index (χ3n) is 2.96. The zero-order chi connectivity index (χ0) is 12.5. The zero-order valence-electron chi connectivity index (χ0n) is 10.0. The number of nitrogen functional groups attached to an aromatic ring is 1.